The summed E-state index contributed by atoms with van der Waals surface area (Å²) < 4.78 is 39.8. The molecule has 5 aliphatic rings. The average molecular weight is 775 g/mol. The number of nitrogens with zero attached hydrogens (tertiary/aromatic N) is 3. The van der Waals surface area contributed by atoms with E-state index in [1.165, 1.54) is 37.6 Å². The van der Waals surface area contributed by atoms with Crippen molar-refractivity contribution in [1.82, 2.24) is 8.88 Å². The van der Waals surface area contributed by atoms with E-state index in [0.717, 1.165) is 40.5 Å². The highest BCUT2D eigenvalue weighted by atomic mass is 32.2. The fourth-order valence-corrected chi connectivity index (χ4v) is 11.2. The van der Waals surface area contributed by atoms with Gasteiger partial charge in [0.05, 0.1) is 16.9 Å². The van der Waals surface area contributed by atoms with Crippen LogP contribution in [-0.2, 0) is 26.7 Å². The van der Waals surface area contributed by atoms with E-state index in [9.17, 15) is 18.3 Å². The zero-order valence-corrected chi connectivity index (χ0v) is 33.1. The lowest BCUT2D eigenvalue weighted by atomic mass is 9.80. The van der Waals surface area contributed by atoms with E-state index in [-0.39, 0.29) is 42.3 Å². The van der Waals surface area contributed by atoms with E-state index >= 15 is 0 Å². The second kappa shape index (κ2) is 13.1. The van der Waals surface area contributed by atoms with Crippen molar-refractivity contribution in [2.75, 3.05) is 24.5 Å². The van der Waals surface area contributed by atoms with E-state index in [0.29, 0.717) is 16.9 Å². The topological polar surface area (TPSA) is 94.1 Å². The maximum absolute atomic E-state index is 14.6. The molecule has 0 saturated carbocycles. The van der Waals surface area contributed by atoms with Crippen molar-refractivity contribution in [3.63, 3.8) is 0 Å². The summed E-state index contributed by atoms with van der Waals surface area (Å²) in [5.41, 5.74) is 8.66. The van der Waals surface area contributed by atoms with Crippen molar-refractivity contribution in [3.8, 4) is 22.5 Å². The van der Waals surface area contributed by atoms with Crippen molar-refractivity contribution in [3.05, 3.63) is 138 Å². The number of sulfonamides is 1. The van der Waals surface area contributed by atoms with Gasteiger partial charge < -0.3 is 14.4 Å². The van der Waals surface area contributed by atoms with Crippen molar-refractivity contribution in [2.45, 2.75) is 56.4 Å². The highest BCUT2D eigenvalue weighted by Crippen LogP contribution is 2.51. The molecule has 1 fully saturated rings. The van der Waals surface area contributed by atoms with Crippen molar-refractivity contribution >= 4 is 54.8 Å². The first kappa shape index (κ1) is 35.6. The lowest BCUT2D eigenvalue weighted by molar-refractivity contribution is -0.142. The molecule has 0 radical (unpaired) electrons. The van der Waals surface area contributed by atoms with Crippen molar-refractivity contribution in [2.24, 2.45) is 5.92 Å². The first-order chi connectivity index (χ1) is 27.5. The molecular weight excluding hydrogens is 731 g/mol. The lowest BCUT2D eigenvalue weighted by Gasteiger charge is -2.32. The number of hydrogen-bond acceptors (Lipinski definition) is 5. The molecule has 8 nitrogen and oxygen atoms in total. The van der Waals surface area contributed by atoms with Crippen LogP contribution in [0.15, 0.2) is 131 Å². The second-order valence-electron chi connectivity index (χ2n) is 16.4. The van der Waals surface area contributed by atoms with Crippen LogP contribution in [0.2, 0.25) is 0 Å². The lowest BCUT2D eigenvalue weighted by Crippen LogP contribution is -2.40. The number of anilines is 2. The second-order valence-corrected chi connectivity index (χ2v) is 18.3. The number of carboxylic acids is 1. The third-order valence-corrected chi connectivity index (χ3v) is 14.9. The molecule has 5 aromatic carbocycles. The highest BCUT2D eigenvalue weighted by molar-refractivity contribution is 7.89. The summed E-state index contributed by atoms with van der Waals surface area (Å²) in [6.45, 7) is 8.06. The molecule has 1 saturated heterocycles. The zero-order valence-electron chi connectivity index (χ0n) is 32.3. The highest BCUT2D eigenvalue weighted by Gasteiger charge is 2.43. The molecule has 0 bridgehead atoms. The van der Waals surface area contributed by atoms with Gasteiger partial charge in [-0.15, -0.1) is 0 Å². The maximum atomic E-state index is 14.6. The zero-order chi connectivity index (χ0) is 39.2. The van der Waals surface area contributed by atoms with Crippen molar-refractivity contribution in [1.29, 1.82) is 0 Å². The molecule has 1 unspecified atom stereocenters. The molecule has 1 aliphatic carbocycles. The fraction of sp³-hybridized carbons (Fsp3) is 0.250. The van der Waals surface area contributed by atoms with Crippen LogP contribution < -0.4 is 14.8 Å². The Hall–Kier alpha value is -5.77. The van der Waals surface area contributed by atoms with Crippen LogP contribution in [0, 0.1) is 5.92 Å². The van der Waals surface area contributed by atoms with E-state index in [1.807, 2.05) is 12.1 Å². The SMILES string of the molecule is CC1N(c2ccc3c(-c4ccccc4S(=O)(=O)N4CCC(C(=O)O)CC4)c4cc/c(=[N+]5/CCc6ccccc65)cc-4oc3c2)c2cc3ccccc3cc2C1(C)C. The van der Waals surface area contributed by atoms with Crippen LogP contribution in [0.4, 0.5) is 17.1 Å². The molecule has 4 aliphatic heterocycles. The summed E-state index contributed by atoms with van der Waals surface area (Å²) in [6, 6.07) is 41.5. The minimum absolute atomic E-state index is 0.132. The maximum Gasteiger partial charge on any atom is 0.306 e. The van der Waals surface area contributed by atoms with Gasteiger partial charge in [-0.25, -0.2) is 8.42 Å². The first-order valence-corrected chi connectivity index (χ1v) is 21.3. The molecule has 1 N–H and O–H groups in total. The predicted octanol–water partition coefficient (Wildman–Crippen LogP) is 9.32. The predicted molar refractivity (Wildman–Crippen MR) is 226 cm³/mol. The molecule has 286 valence electrons. The molecular formula is C48H44N3O5S+. The summed E-state index contributed by atoms with van der Waals surface area (Å²) in [5.74, 6) is -0.763. The van der Waals surface area contributed by atoms with Crippen LogP contribution in [0.1, 0.15) is 44.7 Å². The van der Waals surface area contributed by atoms with Crippen LogP contribution in [0.25, 0.3) is 44.2 Å². The Morgan fingerprint density at radius 1 is 0.825 bits per heavy atom. The Balaban J connectivity index is 1.19. The summed E-state index contributed by atoms with van der Waals surface area (Å²) in [7, 11) is -3.98. The number of fused-ring (bicyclic) bond motifs is 5. The van der Waals surface area contributed by atoms with Gasteiger partial charge in [0.1, 0.15) is 11.3 Å². The van der Waals surface area contributed by atoms with E-state index in [4.69, 9.17) is 4.42 Å². The molecule has 57 heavy (non-hydrogen) atoms. The molecule has 1 atom stereocenters. The quantitative estimate of drug-likeness (QED) is 0.139. The molecule has 10 rings (SSSR count). The summed E-state index contributed by atoms with van der Waals surface area (Å²) in [5, 5.41) is 13.8. The third kappa shape index (κ3) is 5.62. The Bertz CT molecular complexity index is 2940. The van der Waals surface area contributed by atoms with Gasteiger partial charge in [0.25, 0.3) is 0 Å². The number of piperidine rings is 1. The van der Waals surface area contributed by atoms with Gasteiger partial charge in [0, 0.05) is 88.2 Å². The van der Waals surface area contributed by atoms with E-state index < -0.39 is 21.9 Å². The Labute approximate surface area is 332 Å². The summed E-state index contributed by atoms with van der Waals surface area (Å²) >= 11 is 0. The number of hydrogen-bond donors (Lipinski definition) is 1. The molecule has 5 aromatic rings. The Morgan fingerprint density at radius 3 is 2.33 bits per heavy atom. The fourth-order valence-electron chi connectivity index (χ4n) is 9.52. The van der Waals surface area contributed by atoms with Crippen LogP contribution in [0.3, 0.4) is 0 Å². The van der Waals surface area contributed by atoms with Gasteiger partial charge in [0.2, 0.25) is 21.1 Å². The van der Waals surface area contributed by atoms with Gasteiger partial charge >= 0.3 is 5.97 Å². The van der Waals surface area contributed by atoms with Gasteiger partial charge in [-0.3, -0.25) is 4.79 Å². The van der Waals surface area contributed by atoms with Gasteiger partial charge in [-0.1, -0.05) is 74.5 Å². The third-order valence-electron chi connectivity index (χ3n) is 13.0. The van der Waals surface area contributed by atoms with Crippen LogP contribution in [0.5, 0.6) is 0 Å². The van der Waals surface area contributed by atoms with Crippen LogP contribution >= 0.6 is 0 Å². The minimum Gasteiger partial charge on any atom is -0.481 e. The minimum atomic E-state index is -3.98. The molecule has 0 amide bonds. The number of benzene rings is 6. The number of para-hydroxylation sites is 1. The van der Waals surface area contributed by atoms with E-state index in [2.05, 4.69) is 127 Å². The number of aliphatic carboxylic acids is 1. The largest absolute Gasteiger partial charge is 0.481 e. The standard InChI is InChI=1S/C48H43N3O5S/c1-30-48(2,3)40-26-33-11-4-5-12-34(33)27-42(40)51(30)36-17-19-38-44(29-36)56-43-28-35(50-25-22-31-10-6-8-14-41(31)50)16-18-37(43)46(38)39-13-7-9-15-45(39)57(54,55)49-23-20-32(21-24-49)47(52)53/h4-19,26-30,32H,20-25H2,1-3H3/p+1. The van der Waals surface area contributed by atoms with Crippen LogP contribution in [-0.4, -0.2) is 49.5 Å². The Morgan fingerprint density at radius 2 is 1.54 bits per heavy atom. The molecule has 0 aromatic heterocycles. The van der Waals surface area contributed by atoms with Gasteiger partial charge in [-0.2, -0.15) is 8.88 Å². The molecule has 4 heterocycles. The number of carbonyl (C=O) groups is 1. The monoisotopic (exact) mass is 774 g/mol. The van der Waals surface area contributed by atoms with Gasteiger partial charge in [-0.05, 0) is 72.5 Å². The number of carboxylic acid groups (broad SMARTS) is 1. The number of rotatable bonds is 5. The van der Waals surface area contributed by atoms with Gasteiger partial charge in [0.15, 0.2) is 6.54 Å². The normalized spacial score (nSPS) is 19.4. The van der Waals surface area contributed by atoms with Crippen molar-refractivity contribution < 1.29 is 22.7 Å². The average Bonchev–Trinajstić information content (AvgIpc) is 3.74. The summed E-state index contributed by atoms with van der Waals surface area (Å²) in [6.07, 6.45) is 1.51. The van der Waals surface area contributed by atoms with E-state index in [1.54, 1.807) is 12.1 Å². The Kier molecular flexibility index (Phi) is 8.22. The molecule has 9 heteroatoms. The first-order valence-electron chi connectivity index (χ1n) is 19.8. The molecule has 0 spiro atoms. The summed E-state index contributed by atoms with van der Waals surface area (Å²) in [4.78, 5) is 14.3. The smallest absolute Gasteiger partial charge is 0.306 e.